The molecule has 1 aliphatic carbocycles. The fourth-order valence-electron chi connectivity index (χ4n) is 2.46. The minimum atomic E-state index is -0.525. The number of carbonyl (C=O) groups excluding carboxylic acids is 1. The Kier molecular flexibility index (Phi) is 3.25. The third-order valence-electron chi connectivity index (χ3n) is 3.38. The molecule has 0 spiro atoms. The molecular formula is C13H14FNO2. The standard InChI is InChI=1S/C13H14FNO2/c1-17-12-8-10(4-5-11(12)14)13(15-9-16)6-2-3-7-13/h4-5,8H,2-3,6-7H2,1H3. The van der Waals surface area contributed by atoms with Crippen LogP contribution in [0.1, 0.15) is 31.2 Å². The number of benzene rings is 1. The first kappa shape index (κ1) is 11.8. The maximum absolute atomic E-state index is 13.3. The van der Waals surface area contributed by atoms with Gasteiger partial charge in [-0.1, -0.05) is 18.9 Å². The number of isocyanates is 1. The van der Waals surface area contributed by atoms with Crippen molar-refractivity contribution in [3.8, 4) is 5.75 Å². The van der Waals surface area contributed by atoms with E-state index in [9.17, 15) is 9.18 Å². The van der Waals surface area contributed by atoms with Gasteiger partial charge < -0.3 is 4.74 Å². The minimum absolute atomic E-state index is 0.190. The van der Waals surface area contributed by atoms with Crippen LogP contribution in [0.3, 0.4) is 0 Å². The predicted octanol–water partition coefficient (Wildman–Crippen LogP) is 2.94. The summed E-state index contributed by atoms with van der Waals surface area (Å²) in [4.78, 5) is 14.5. The number of halogens is 1. The molecule has 0 heterocycles. The number of methoxy groups -OCH3 is 1. The molecule has 4 heteroatoms. The van der Waals surface area contributed by atoms with Crippen molar-refractivity contribution >= 4 is 6.08 Å². The van der Waals surface area contributed by atoms with Crippen LogP contribution in [0.25, 0.3) is 0 Å². The van der Waals surface area contributed by atoms with Crippen molar-refractivity contribution in [2.45, 2.75) is 31.2 Å². The summed E-state index contributed by atoms with van der Waals surface area (Å²) in [6.07, 6.45) is 5.28. The first-order valence-electron chi connectivity index (χ1n) is 5.65. The van der Waals surface area contributed by atoms with Crippen LogP contribution in [0, 0.1) is 5.82 Å². The Labute approximate surface area is 99.3 Å². The molecule has 2 rings (SSSR count). The van der Waals surface area contributed by atoms with E-state index in [1.807, 2.05) is 0 Å². The highest BCUT2D eigenvalue weighted by Crippen LogP contribution is 2.43. The largest absolute Gasteiger partial charge is 0.494 e. The van der Waals surface area contributed by atoms with Crippen LogP contribution in [0.4, 0.5) is 4.39 Å². The molecule has 0 aromatic heterocycles. The van der Waals surface area contributed by atoms with E-state index >= 15 is 0 Å². The zero-order valence-electron chi connectivity index (χ0n) is 9.70. The third kappa shape index (κ3) is 2.08. The molecule has 0 unspecified atom stereocenters. The first-order chi connectivity index (χ1) is 8.22. The maximum atomic E-state index is 13.3. The predicted molar refractivity (Wildman–Crippen MR) is 61.2 cm³/mol. The quantitative estimate of drug-likeness (QED) is 0.596. The zero-order chi connectivity index (χ0) is 12.3. The number of hydrogen-bond donors (Lipinski definition) is 0. The van der Waals surface area contributed by atoms with Gasteiger partial charge in [-0.15, -0.1) is 0 Å². The molecule has 90 valence electrons. The van der Waals surface area contributed by atoms with Crippen molar-refractivity contribution in [2.24, 2.45) is 4.99 Å². The molecule has 1 aliphatic rings. The summed E-state index contributed by atoms with van der Waals surface area (Å²) >= 11 is 0. The van der Waals surface area contributed by atoms with E-state index in [0.717, 1.165) is 31.2 Å². The van der Waals surface area contributed by atoms with Gasteiger partial charge in [-0.25, -0.2) is 9.18 Å². The van der Waals surface area contributed by atoms with Crippen molar-refractivity contribution in [3.63, 3.8) is 0 Å². The summed E-state index contributed by atoms with van der Waals surface area (Å²) in [7, 11) is 1.42. The third-order valence-corrected chi connectivity index (χ3v) is 3.38. The lowest BCUT2D eigenvalue weighted by Crippen LogP contribution is -2.19. The lowest BCUT2D eigenvalue weighted by atomic mass is 9.89. The Balaban J connectivity index is 2.46. The number of ether oxygens (including phenoxy) is 1. The van der Waals surface area contributed by atoms with Crippen LogP contribution in [0.15, 0.2) is 23.2 Å². The number of nitrogens with zero attached hydrogens (tertiary/aromatic N) is 1. The molecule has 17 heavy (non-hydrogen) atoms. The van der Waals surface area contributed by atoms with Gasteiger partial charge in [-0.05, 0) is 30.5 Å². The summed E-state index contributed by atoms with van der Waals surface area (Å²) in [5.41, 5.74) is 0.305. The Morgan fingerprint density at radius 3 is 2.71 bits per heavy atom. The topological polar surface area (TPSA) is 38.7 Å². The highest BCUT2D eigenvalue weighted by atomic mass is 19.1. The number of rotatable bonds is 3. The zero-order valence-corrected chi connectivity index (χ0v) is 9.70. The Hall–Kier alpha value is -1.67. The van der Waals surface area contributed by atoms with E-state index in [2.05, 4.69) is 4.99 Å². The lowest BCUT2D eigenvalue weighted by molar-refractivity contribution is 0.381. The molecule has 1 fully saturated rings. The SMILES string of the molecule is COc1cc(C2(N=C=O)CCCC2)ccc1F. The maximum Gasteiger partial charge on any atom is 0.235 e. The lowest BCUT2D eigenvalue weighted by Gasteiger charge is -2.23. The van der Waals surface area contributed by atoms with Gasteiger partial charge in [0.25, 0.3) is 0 Å². The molecule has 0 saturated heterocycles. The van der Waals surface area contributed by atoms with Crippen molar-refractivity contribution < 1.29 is 13.9 Å². The van der Waals surface area contributed by atoms with Crippen LogP contribution >= 0.6 is 0 Å². The summed E-state index contributed by atoms with van der Waals surface area (Å²) in [5, 5.41) is 0. The van der Waals surface area contributed by atoms with Gasteiger partial charge in [-0.3, -0.25) is 0 Å². The number of aliphatic imine (C=N–C) groups is 1. The van der Waals surface area contributed by atoms with Crippen LogP contribution in [-0.4, -0.2) is 13.2 Å². The summed E-state index contributed by atoms with van der Waals surface area (Å²) < 4.78 is 18.3. The summed E-state index contributed by atoms with van der Waals surface area (Å²) in [5.74, 6) is -0.214. The minimum Gasteiger partial charge on any atom is -0.494 e. The molecule has 0 aliphatic heterocycles. The second-order valence-electron chi connectivity index (χ2n) is 4.29. The summed E-state index contributed by atoms with van der Waals surface area (Å²) in [6, 6.07) is 4.65. The average Bonchev–Trinajstić information content (AvgIpc) is 2.80. The normalized spacial score (nSPS) is 17.5. The van der Waals surface area contributed by atoms with E-state index in [1.54, 1.807) is 18.2 Å². The smallest absolute Gasteiger partial charge is 0.235 e. The van der Waals surface area contributed by atoms with E-state index in [-0.39, 0.29) is 5.75 Å². The molecule has 0 radical (unpaired) electrons. The molecule has 0 N–H and O–H groups in total. The molecular weight excluding hydrogens is 221 g/mol. The number of hydrogen-bond acceptors (Lipinski definition) is 3. The highest BCUT2D eigenvalue weighted by molar-refractivity contribution is 5.41. The first-order valence-corrected chi connectivity index (χ1v) is 5.65. The van der Waals surface area contributed by atoms with Crippen molar-refractivity contribution in [1.29, 1.82) is 0 Å². The van der Waals surface area contributed by atoms with E-state index in [4.69, 9.17) is 4.74 Å². The van der Waals surface area contributed by atoms with Gasteiger partial charge in [0.15, 0.2) is 11.6 Å². The molecule has 0 atom stereocenters. The van der Waals surface area contributed by atoms with Gasteiger partial charge in [0.2, 0.25) is 6.08 Å². The van der Waals surface area contributed by atoms with Crippen molar-refractivity contribution in [1.82, 2.24) is 0 Å². The molecule has 1 saturated carbocycles. The molecule has 0 bridgehead atoms. The monoisotopic (exact) mass is 235 g/mol. The van der Waals surface area contributed by atoms with Crippen molar-refractivity contribution in [2.75, 3.05) is 7.11 Å². The Bertz CT molecular complexity index is 460. The second-order valence-corrected chi connectivity index (χ2v) is 4.29. The van der Waals surface area contributed by atoms with Gasteiger partial charge in [0, 0.05) is 0 Å². The van der Waals surface area contributed by atoms with Crippen LogP contribution < -0.4 is 4.74 Å². The van der Waals surface area contributed by atoms with Crippen LogP contribution in [0.2, 0.25) is 0 Å². The van der Waals surface area contributed by atoms with Gasteiger partial charge in [0.1, 0.15) is 0 Å². The van der Waals surface area contributed by atoms with Gasteiger partial charge in [0.05, 0.1) is 12.6 Å². The van der Waals surface area contributed by atoms with E-state index in [0.29, 0.717) is 0 Å². The van der Waals surface area contributed by atoms with Gasteiger partial charge >= 0.3 is 0 Å². The Morgan fingerprint density at radius 2 is 2.12 bits per heavy atom. The second kappa shape index (κ2) is 4.68. The summed E-state index contributed by atoms with van der Waals surface area (Å²) in [6.45, 7) is 0. The van der Waals surface area contributed by atoms with Crippen LogP contribution in [0.5, 0.6) is 5.75 Å². The van der Waals surface area contributed by atoms with Gasteiger partial charge in [-0.2, -0.15) is 4.99 Å². The molecule has 0 amide bonds. The van der Waals surface area contributed by atoms with E-state index < -0.39 is 11.4 Å². The molecule has 1 aromatic carbocycles. The molecule has 3 nitrogen and oxygen atoms in total. The average molecular weight is 235 g/mol. The molecule has 1 aromatic rings. The van der Waals surface area contributed by atoms with Crippen LogP contribution in [-0.2, 0) is 10.3 Å². The van der Waals surface area contributed by atoms with Crippen molar-refractivity contribution in [3.05, 3.63) is 29.6 Å². The Morgan fingerprint density at radius 1 is 1.41 bits per heavy atom. The fourth-order valence-corrected chi connectivity index (χ4v) is 2.46. The highest BCUT2D eigenvalue weighted by Gasteiger charge is 2.36. The van der Waals surface area contributed by atoms with E-state index in [1.165, 1.54) is 13.2 Å². The fraction of sp³-hybridized carbons (Fsp3) is 0.462.